The second-order valence-electron chi connectivity index (χ2n) is 6.76. The molecule has 1 aliphatic carbocycles. The summed E-state index contributed by atoms with van der Waals surface area (Å²) >= 11 is 0. The summed E-state index contributed by atoms with van der Waals surface area (Å²) in [4.78, 5) is 11.5. The molecule has 1 saturated carbocycles. The molecule has 0 unspecified atom stereocenters. The molecule has 0 atom stereocenters. The number of hydrogen-bond acceptors (Lipinski definition) is 5. The predicted octanol–water partition coefficient (Wildman–Crippen LogP) is 2.68. The van der Waals surface area contributed by atoms with Crippen molar-refractivity contribution in [2.75, 3.05) is 32.1 Å². The van der Waals surface area contributed by atoms with Gasteiger partial charge in [0.05, 0.1) is 0 Å². The van der Waals surface area contributed by atoms with Gasteiger partial charge in [-0.2, -0.15) is 4.98 Å². The van der Waals surface area contributed by atoms with Gasteiger partial charge >= 0.3 is 0 Å². The van der Waals surface area contributed by atoms with Crippen molar-refractivity contribution in [1.29, 1.82) is 0 Å². The fraction of sp³-hybridized carbons (Fsp3) is 0.750. The smallest absolute Gasteiger partial charge is 0.218 e. The topological polar surface area (TPSA) is 50.3 Å². The molecule has 5 heteroatoms. The first kappa shape index (κ1) is 16.0. The molecule has 0 aromatic carbocycles. The number of nitrogens with zero attached hydrogens (tertiary/aromatic N) is 3. The Morgan fingerprint density at radius 2 is 2.05 bits per heavy atom. The summed E-state index contributed by atoms with van der Waals surface area (Å²) in [5.74, 6) is 2.31. The zero-order valence-electron chi connectivity index (χ0n) is 13.9. The van der Waals surface area contributed by atoms with Gasteiger partial charge in [-0.25, -0.2) is 4.98 Å². The normalized spacial score (nSPS) is 15.3. The Kier molecular flexibility index (Phi) is 5.04. The van der Waals surface area contributed by atoms with Crippen LogP contribution in [0.1, 0.15) is 46.4 Å². The Morgan fingerprint density at radius 1 is 1.33 bits per heavy atom. The zero-order valence-corrected chi connectivity index (χ0v) is 13.9. The highest BCUT2D eigenvalue weighted by Crippen LogP contribution is 2.25. The standard InChI is InChI=1S/C16H28N4O/c1-6-17-13-11-14(19-15(18-13)16(2,3)4)21-10-9-20(5)12-7-8-12/h11-12H,6-10H2,1-5H3,(H,17,18,19). The lowest BCUT2D eigenvalue weighted by Crippen LogP contribution is -2.26. The van der Waals surface area contributed by atoms with Crippen molar-refractivity contribution in [3.8, 4) is 5.88 Å². The van der Waals surface area contributed by atoms with Crippen molar-refractivity contribution in [1.82, 2.24) is 14.9 Å². The summed E-state index contributed by atoms with van der Waals surface area (Å²) in [5.41, 5.74) is -0.0889. The van der Waals surface area contributed by atoms with E-state index in [-0.39, 0.29) is 5.41 Å². The van der Waals surface area contributed by atoms with E-state index >= 15 is 0 Å². The van der Waals surface area contributed by atoms with Gasteiger partial charge in [0.1, 0.15) is 18.2 Å². The molecule has 1 fully saturated rings. The maximum absolute atomic E-state index is 5.84. The van der Waals surface area contributed by atoms with Crippen molar-refractivity contribution in [2.45, 2.75) is 52.0 Å². The summed E-state index contributed by atoms with van der Waals surface area (Å²) in [6, 6.07) is 2.65. The number of ether oxygens (including phenoxy) is 1. The van der Waals surface area contributed by atoms with Gasteiger partial charge in [-0.15, -0.1) is 0 Å². The van der Waals surface area contributed by atoms with E-state index in [9.17, 15) is 0 Å². The largest absolute Gasteiger partial charge is 0.476 e. The molecule has 2 rings (SSSR count). The van der Waals surface area contributed by atoms with Crippen LogP contribution in [0.2, 0.25) is 0 Å². The lowest BCUT2D eigenvalue weighted by atomic mass is 9.96. The molecule has 118 valence electrons. The molecule has 1 heterocycles. The van der Waals surface area contributed by atoms with Crippen LogP contribution >= 0.6 is 0 Å². The Labute approximate surface area is 128 Å². The highest BCUT2D eigenvalue weighted by molar-refractivity contribution is 5.39. The predicted molar refractivity (Wildman–Crippen MR) is 86.0 cm³/mol. The molecule has 0 amide bonds. The second kappa shape index (κ2) is 6.60. The van der Waals surface area contributed by atoms with Crippen LogP contribution in [-0.2, 0) is 5.41 Å². The van der Waals surface area contributed by atoms with E-state index in [2.05, 4.69) is 54.9 Å². The molecular weight excluding hydrogens is 264 g/mol. The molecule has 1 N–H and O–H groups in total. The lowest BCUT2D eigenvalue weighted by molar-refractivity contribution is 0.225. The average Bonchev–Trinajstić information content (AvgIpc) is 3.22. The first-order chi connectivity index (χ1) is 9.90. The number of nitrogens with one attached hydrogen (secondary N) is 1. The fourth-order valence-corrected chi connectivity index (χ4v) is 2.10. The van der Waals surface area contributed by atoms with Crippen LogP contribution in [0.15, 0.2) is 6.07 Å². The lowest BCUT2D eigenvalue weighted by Gasteiger charge is -2.20. The van der Waals surface area contributed by atoms with Crippen molar-refractivity contribution < 1.29 is 4.74 Å². The maximum atomic E-state index is 5.84. The van der Waals surface area contributed by atoms with E-state index in [0.717, 1.165) is 30.8 Å². The van der Waals surface area contributed by atoms with Gasteiger partial charge in [0.25, 0.3) is 0 Å². The van der Waals surface area contributed by atoms with Crippen molar-refractivity contribution >= 4 is 5.82 Å². The Hall–Kier alpha value is -1.36. The minimum Gasteiger partial charge on any atom is -0.476 e. The van der Waals surface area contributed by atoms with E-state index < -0.39 is 0 Å². The fourth-order valence-electron chi connectivity index (χ4n) is 2.10. The van der Waals surface area contributed by atoms with Gasteiger partial charge in [0, 0.05) is 30.6 Å². The number of aromatic nitrogens is 2. The van der Waals surface area contributed by atoms with Gasteiger partial charge < -0.3 is 15.0 Å². The van der Waals surface area contributed by atoms with E-state index in [1.165, 1.54) is 12.8 Å². The monoisotopic (exact) mass is 292 g/mol. The van der Waals surface area contributed by atoms with Crippen LogP contribution in [0.5, 0.6) is 5.88 Å². The Morgan fingerprint density at radius 3 is 2.62 bits per heavy atom. The molecule has 1 aromatic heterocycles. The quantitative estimate of drug-likeness (QED) is 0.837. The number of anilines is 1. The van der Waals surface area contributed by atoms with Crippen LogP contribution in [0.25, 0.3) is 0 Å². The third-order valence-electron chi connectivity index (χ3n) is 3.60. The molecule has 1 aliphatic rings. The molecule has 0 saturated heterocycles. The highest BCUT2D eigenvalue weighted by atomic mass is 16.5. The van der Waals surface area contributed by atoms with E-state index in [0.29, 0.717) is 12.5 Å². The van der Waals surface area contributed by atoms with Crippen molar-refractivity contribution in [2.24, 2.45) is 0 Å². The molecule has 5 nitrogen and oxygen atoms in total. The number of rotatable bonds is 7. The number of hydrogen-bond donors (Lipinski definition) is 1. The molecule has 0 spiro atoms. The SMILES string of the molecule is CCNc1cc(OCCN(C)C2CC2)nc(C(C)(C)C)n1. The average molecular weight is 292 g/mol. The van der Waals surface area contributed by atoms with E-state index in [1.54, 1.807) is 0 Å². The first-order valence-corrected chi connectivity index (χ1v) is 7.86. The van der Waals surface area contributed by atoms with Crippen LogP contribution in [0, 0.1) is 0 Å². The van der Waals surface area contributed by atoms with Gasteiger partial charge in [0.2, 0.25) is 5.88 Å². The van der Waals surface area contributed by atoms with Crippen LogP contribution in [-0.4, -0.2) is 47.7 Å². The molecule has 21 heavy (non-hydrogen) atoms. The summed E-state index contributed by atoms with van der Waals surface area (Å²) in [5, 5.41) is 3.25. The van der Waals surface area contributed by atoms with Crippen molar-refractivity contribution in [3.05, 3.63) is 11.9 Å². The van der Waals surface area contributed by atoms with Gasteiger partial charge in [-0.3, -0.25) is 0 Å². The second-order valence-corrected chi connectivity index (χ2v) is 6.76. The van der Waals surface area contributed by atoms with Gasteiger partial charge in [-0.1, -0.05) is 20.8 Å². The molecular formula is C16H28N4O. The number of likely N-dealkylation sites (N-methyl/N-ethyl adjacent to an activating group) is 1. The maximum Gasteiger partial charge on any atom is 0.218 e. The Bertz CT molecular complexity index is 466. The third kappa shape index (κ3) is 4.84. The zero-order chi connectivity index (χ0) is 15.5. The summed E-state index contributed by atoms with van der Waals surface area (Å²) in [7, 11) is 2.16. The van der Waals surface area contributed by atoms with Crippen LogP contribution < -0.4 is 10.1 Å². The van der Waals surface area contributed by atoms with Crippen molar-refractivity contribution in [3.63, 3.8) is 0 Å². The van der Waals surface area contributed by atoms with Gasteiger partial charge in [-0.05, 0) is 26.8 Å². The highest BCUT2D eigenvalue weighted by Gasteiger charge is 2.25. The van der Waals surface area contributed by atoms with Crippen LogP contribution in [0.4, 0.5) is 5.82 Å². The molecule has 0 bridgehead atoms. The van der Waals surface area contributed by atoms with E-state index in [1.807, 2.05) is 6.07 Å². The van der Waals surface area contributed by atoms with Gasteiger partial charge in [0.15, 0.2) is 0 Å². The first-order valence-electron chi connectivity index (χ1n) is 7.86. The van der Waals surface area contributed by atoms with E-state index in [4.69, 9.17) is 4.74 Å². The molecule has 1 aromatic rings. The van der Waals surface area contributed by atoms with Crippen LogP contribution in [0.3, 0.4) is 0 Å². The summed E-state index contributed by atoms with van der Waals surface area (Å²) in [6.07, 6.45) is 2.64. The minimum absolute atomic E-state index is 0.0889. The molecule has 0 aliphatic heterocycles. The summed E-state index contributed by atoms with van der Waals surface area (Å²) in [6.45, 7) is 10.8. The minimum atomic E-state index is -0.0889. The third-order valence-corrected chi connectivity index (χ3v) is 3.60. The Balaban J connectivity index is 2.00. The summed E-state index contributed by atoms with van der Waals surface area (Å²) < 4.78 is 5.84. The molecule has 0 radical (unpaired) electrons.